The van der Waals surface area contributed by atoms with E-state index < -0.39 is 0 Å². The van der Waals surface area contributed by atoms with E-state index in [2.05, 4.69) is 22.3 Å². The number of nitrogens with zero attached hydrogens (tertiary/aromatic N) is 2. The summed E-state index contributed by atoms with van der Waals surface area (Å²) in [6.45, 7) is 2.05. The molecule has 5 nitrogen and oxygen atoms in total. The van der Waals surface area contributed by atoms with Crippen LogP contribution in [0.3, 0.4) is 0 Å². The van der Waals surface area contributed by atoms with Crippen molar-refractivity contribution < 1.29 is 9.59 Å². The smallest absolute Gasteiger partial charge is 0.265 e. The summed E-state index contributed by atoms with van der Waals surface area (Å²) in [5.41, 5.74) is 2.96. The fraction of sp³-hybridized carbons (Fsp3) is 0.185. The number of likely N-dealkylation sites (N-methyl/N-ethyl adjacent to an activating group) is 1. The molecule has 1 N–H and O–H groups in total. The van der Waals surface area contributed by atoms with Crippen molar-refractivity contribution in [3.05, 3.63) is 101 Å². The predicted molar refractivity (Wildman–Crippen MR) is 135 cm³/mol. The molecule has 0 atom stereocenters. The first-order chi connectivity index (χ1) is 16.1. The van der Waals surface area contributed by atoms with Crippen LogP contribution in [0, 0.1) is 0 Å². The topological polar surface area (TPSA) is 52.7 Å². The van der Waals surface area contributed by atoms with Gasteiger partial charge in [-0.3, -0.25) is 14.5 Å². The minimum Gasteiger partial charge on any atom is -0.353 e. The molecule has 2 amide bonds. The average Bonchev–Trinajstić information content (AvgIpc) is 2.83. The molecule has 3 aromatic carbocycles. The van der Waals surface area contributed by atoms with Gasteiger partial charge in [0.2, 0.25) is 5.91 Å². The van der Waals surface area contributed by atoms with E-state index in [0.717, 1.165) is 29.2 Å². The summed E-state index contributed by atoms with van der Waals surface area (Å²) in [7, 11) is 2.03. The van der Waals surface area contributed by atoms with Crippen LogP contribution in [-0.4, -0.2) is 43.4 Å². The number of benzene rings is 3. The highest BCUT2D eigenvalue weighted by atomic mass is 32.2. The highest BCUT2D eigenvalue weighted by molar-refractivity contribution is 8.04. The molecule has 33 heavy (non-hydrogen) atoms. The Labute approximate surface area is 199 Å². The SMILES string of the molecule is CN(CCNC(=O)CN1C(=O)/C(=C/c2ccccc2)Sc2ccccc21)Cc1ccccc1. The highest BCUT2D eigenvalue weighted by Gasteiger charge is 2.30. The third-order valence-electron chi connectivity index (χ3n) is 5.34. The molecule has 0 aliphatic carbocycles. The van der Waals surface area contributed by atoms with Crippen LogP contribution in [0.4, 0.5) is 5.69 Å². The molecule has 1 aliphatic rings. The summed E-state index contributed by atoms with van der Waals surface area (Å²) in [6, 6.07) is 27.7. The van der Waals surface area contributed by atoms with E-state index in [1.165, 1.54) is 17.3 Å². The van der Waals surface area contributed by atoms with Crippen LogP contribution in [-0.2, 0) is 16.1 Å². The molecule has 0 saturated carbocycles. The van der Waals surface area contributed by atoms with Gasteiger partial charge in [0.1, 0.15) is 6.54 Å². The Balaban J connectivity index is 1.39. The summed E-state index contributed by atoms with van der Waals surface area (Å²) in [6.07, 6.45) is 1.88. The second-order valence-electron chi connectivity index (χ2n) is 7.95. The predicted octanol–water partition coefficient (Wildman–Crippen LogP) is 4.41. The minimum absolute atomic E-state index is 0.00899. The van der Waals surface area contributed by atoms with Crippen molar-refractivity contribution >= 4 is 35.3 Å². The van der Waals surface area contributed by atoms with Crippen LogP contribution in [0.15, 0.2) is 94.7 Å². The van der Waals surface area contributed by atoms with Gasteiger partial charge in [0.05, 0.1) is 10.6 Å². The van der Waals surface area contributed by atoms with Crippen molar-refractivity contribution in [3.8, 4) is 0 Å². The van der Waals surface area contributed by atoms with Gasteiger partial charge >= 0.3 is 0 Å². The lowest BCUT2D eigenvalue weighted by Crippen LogP contribution is -2.44. The monoisotopic (exact) mass is 457 g/mol. The maximum absolute atomic E-state index is 13.3. The first kappa shape index (κ1) is 22.8. The third kappa shape index (κ3) is 6.12. The largest absolute Gasteiger partial charge is 0.353 e. The van der Waals surface area contributed by atoms with Gasteiger partial charge in [-0.1, -0.05) is 84.6 Å². The number of para-hydroxylation sites is 1. The molecule has 168 valence electrons. The van der Waals surface area contributed by atoms with Crippen LogP contribution in [0.1, 0.15) is 11.1 Å². The summed E-state index contributed by atoms with van der Waals surface area (Å²) in [5, 5.41) is 2.96. The van der Waals surface area contributed by atoms with E-state index in [1.807, 2.05) is 85.9 Å². The molecule has 0 unspecified atom stereocenters. The van der Waals surface area contributed by atoms with E-state index >= 15 is 0 Å². The van der Waals surface area contributed by atoms with E-state index in [1.54, 1.807) is 4.90 Å². The van der Waals surface area contributed by atoms with Gasteiger partial charge in [0, 0.05) is 24.5 Å². The molecule has 0 bridgehead atoms. The van der Waals surface area contributed by atoms with Gasteiger partial charge in [-0.25, -0.2) is 0 Å². The third-order valence-corrected chi connectivity index (χ3v) is 6.42. The lowest BCUT2D eigenvalue weighted by Gasteiger charge is -2.30. The zero-order valence-electron chi connectivity index (χ0n) is 18.6. The number of carbonyl (C=O) groups excluding carboxylic acids is 2. The zero-order valence-corrected chi connectivity index (χ0v) is 19.4. The average molecular weight is 458 g/mol. The Morgan fingerprint density at radius 3 is 2.39 bits per heavy atom. The fourth-order valence-electron chi connectivity index (χ4n) is 3.68. The normalized spacial score (nSPS) is 14.4. The number of nitrogens with one attached hydrogen (secondary N) is 1. The number of rotatable bonds is 8. The lowest BCUT2D eigenvalue weighted by atomic mass is 10.2. The quantitative estimate of drug-likeness (QED) is 0.509. The molecule has 0 spiro atoms. The highest BCUT2D eigenvalue weighted by Crippen LogP contribution is 2.41. The first-order valence-electron chi connectivity index (χ1n) is 10.9. The Hall–Kier alpha value is -3.35. The number of fused-ring (bicyclic) bond motifs is 1. The van der Waals surface area contributed by atoms with Gasteiger partial charge in [-0.05, 0) is 36.4 Å². The van der Waals surface area contributed by atoms with Crippen LogP contribution in [0.25, 0.3) is 6.08 Å². The molecule has 0 fully saturated rings. The first-order valence-corrected chi connectivity index (χ1v) is 11.8. The summed E-state index contributed by atoms with van der Waals surface area (Å²) in [5.74, 6) is -0.323. The summed E-state index contributed by atoms with van der Waals surface area (Å²) >= 11 is 1.44. The second kappa shape index (κ2) is 11.0. The van der Waals surface area contributed by atoms with Crippen molar-refractivity contribution in [3.63, 3.8) is 0 Å². The summed E-state index contributed by atoms with van der Waals surface area (Å²) < 4.78 is 0. The van der Waals surface area contributed by atoms with Gasteiger partial charge < -0.3 is 10.2 Å². The standard InChI is InChI=1S/C27H27N3O2S/c1-29(19-22-12-6-3-7-13-22)17-16-28-26(31)20-30-23-14-8-9-15-24(23)33-25(27(30)32)18-21-10-4-2-5-11-21/h2-15,18H,16-17,19-20H2,1H3,(H,28,31)/b25-18-. The van der Waals surface area contributed by atoms with Crippen LogP contribution in [0.2, 0.25) is 0 Å². The number of hydrogen-bond acceptors (Lipinski definition) is 4. The molecular formula is C27H27N3O2S. The van der Waals surface area contributed by atoms with Crippen LogP contribution >= 0.6 is 11.8 Å². The van der Waals surface area contributed by atoms with Crippen molar-refractivity contribution in [2.45, 2.75) is 11.4 Å². The molecule has 3 aromatic rings. The van der Waals surface area contributed by atoms with Crippen molar-refractivity contribution in [2.24, 2.45) is 0 Å². The van der Waals surface area contributed by atoms with Crippen LogP contribution in [0.5, 0.6) is 0 Å². The molecule has 6 heteroatoms. The van der Waals surface area contributed by atoms with Gasteiger partial charge in [0.25, 0.3) is 5.91 Å². The zero-order chi connectivity index (χ0) is 23.0. The van der Waals surface area contributed by atoms with E-state index in [4.69, 9.17) is 0 Å². The molecule has 1 heterocycles. The molecule has 1 aliphatic heterocycles. The summed E-state index contributed by atoms with van der Waals surface area (Å²) in [4.78, 5) is 31.3. The van der Waals surface area contributed by atoms with E-state index in [9.17, 15) is 9.59 Å². The minimum atomic E-state index is -0.169. The van der Waals surface area contributed by atoms with Gasteiger partial charge in [-0.15, -0.1) is 0 Å². The van der Waals surface area contributed by atoms with E-state index in [0.29, 0.717) is 11.4 Å². The number of anilines is 1. The molecule has 4 rings (SSSR count). The molecule has 0 saturated heterocycles. The fourth-order valence-corrected chi connectivity index (χ4v) is 4.74. The number of hydrogen-bond donors (Lipinski definition) is 1. The Bertz CT molecular complexity index is 1130. The molecular weight excluding hydrogens is 430 g/mol. The number of carbonyl (C=O) groups is 2. The van der Waals surface area contributed by atoms with Gasteiger partial charge in [0.15, 0.2) is 0 Å². The van der Waals surface area contributed by atoms with Crippen molar-refractivity contribution in [2.75, 3.05) is 31.6 Å². The molecule has 0 aromatic heterocycles. The number of thioether (sulfide) groups is 1. The number of amides is 2. The second-order valence-corrected chi connectivity index (χ2v) is 9.04. The van der Waals surface area contributed by atoms with Crippen molar-refractivity contribution in [1.82, 2.24) is 10.2 Å². The maximum Gasteiger partial charge on any atom is 0.265 e. The Morgan fingerprint density at radius 1 is 0.970 bits per heavy atom. The van der Waals surface area contributed by atoms with E-state index in [-0.39, 0.29) is 18.4 Å². The Kier molecular flexibility index (Phi) is 7.60. The van der Waals surface area contributed by atoms with Crippen LogP contribution < -0.4 is 10.2 Å². The lowest BCUT2D eigenvalue weighted by molar-refractivity contribution is -0.122. The van der Waals surface area contributed by atoms with Crippen molar-refractivity contribution in [1.29, 1.82) is 0 Å². The maximum atomic E-state index is 13.3. The molecule has 0 radical (unpaired) electrons. The Morgan fingerprint density at radius 2 is 1.64 bits per heavy atom. The van der Waals surface area contributed by atoms with Gasteiger partial charge in [-0.2, -0.15) is 0 Å².